The van der Waals surface area contributed by atoms with Crippen LogP contribution in [-0.2, 0) is 0 Å². The molecule has 92 valence electrons. The van der Waals surface area contributed by atoms with Crippen LogP contribution >= 0.6 is 0 Å². The van der Waals surface area contributed by atoms with E-state index in [2.05, 4.69) is 37.3 Å². The number of benzene rings is 2. The van der Waals surface area contributed by atoms with Crippen LogP contribution in [0.1, 0.15) is 33.6 Å². The highest BCUT2D eigenvalue weighted by Gasteiger charge is 1.99. The summed E-state index contributed by atoms with van der Waals surface area (Å²) in [6, 6.07) is 14.5. The molecule has 2 aromatic rings. The molecule has 1 nitrogen and oxygen atoms in total. The van der Waals surface area contributed by atoms with E-state index in [0.717, 1.165) is 18.8 Å². The van der Waals surface area contributed by atoms with Crippen molar-refractivity contribution in [3.05, 3.63) is 42.5 Å². The molecule has 0 atom stereocenters. The van der Waals surface area contributed by atoms with Crippen molar-refractivity contribution in [2.24, 2.45) is 0 Å². The highest BCUT2D eigenvalue weighted by Crippen LogP contribution is 2.25. The van der Waals surface area contributed by atoms with Crippen LogP contribution < -0.4 is 4.74 Å². The highest BCUT2D eigenvalue weighted by molar-refractivity contribution is 5.88. The predicted molar refractivity (Wildman–Crippen MR) is 75.7 cm³/mol. The third-order valence-electron chi connectivity index (χ3n) is 2.51. The lowest BCUT2D eigenvalue weighted by molar-refractivity contribution is 0.313. The molecule has 0 N–H and O–H groups in total. The Kier molecular flexibility index (Phi) is 6.16. The molecule has 0 radical (unpaired) electrons. The molecule has 0 amide bonds. The monoisotopic (exact) mass is 230 g/mol. The van der Waals surface area contributed by atoms with Gasteiger partial charge in [0, 0.05) is 5.39 Å². The van der Waals surface area contributed by atoms with Gasteiger partial charge in [-0.2, -0.15) is 0 Å². The molecule has 0 aliphatic rings. The van der Waals surface area contributed by atoms with Gasteiger partial charge in [0.1, 0.15) is 5.75 Å². The van der Waals surface area contributed by atoms with Gasteiger partial charge in [-0.25, -0.2) is 0 Å². The minimum absolute atomic E-state index is 0.810. The second-order valence-electron chi connectivity index (χ2n) is 3.68. The van der Waals surface area contributed by atoms with E-state index in [1.165, 1.54) is 17.2 Å². The average molecular weight is 230 g/mol. The normalized spacial score (nSPS) is 9.59. The van der Waals surface area contributed by atoms with Crippen molar-refractivity contribution in [3.63, 3.8) is 0 Å². The van der Waals surface area contributed by atoms with E-state index in [4.69, 9.17) is 4.74 Å². The van der Waals surface area contributed by atoms with E-state index >= 15 is 0 Å². The Balaban J connectivity index is 0.000000686. The second kappa shape index (κ2) is 7.72. The fourth-order valence-corrected chi connectivity index (χ4v) is 1.65. The fraction of sp³-hybridized carbons (Fsp3) is 0.375. The van der Waals surface area contributed by atoms with E-state index < -0.39 is 0 Å². The van der Waals surface area contributed by atoms with Gasteiger partial charge in [0.05, 0.1) is 6.61 Å². The molecule has 0 saturated heterocycles. The van der Waals surface area contributed by atoms with Crippen molar-refractivity contribution in [1.82, 2.24) is 0 Å². The zero-order valence-corrected chi connectivity index (χ0v) is 11.1. The van der Waals surface area contributed by atoms with Gasteiger partial charge in [0.15, 0.2) is 0 Å². The van der Waals surface area contributed by atoms with Crippen LogP contribution in [-0.4, -0.2) is 6.61 Å². The summed E-state index contributed by atoms with van der Waals surface area (Å²) >= 11 is 0. The average Bonchev–Trinajstić information content (AvgIpc) is 2.42. The van der Waals surface area contributed by atoms with Crippen LogP contribution in [0, 0.1) is 0 Å². The van der Waals surface area contributed by atoms with Gasteiger partial charge in [-0.05, 0) is 17.9 Å². The van der Waals surface area contributed by atoms with E-state index in [0.29, 0.717) is 0 Å². The first-order valence-electron chi connectivity index (χ1n) is 6.52. The smallest absolute Gasteiger partial charge is 0.127 e. The number of fused-ring (bicyclic) bond motifs is 1. The van der Waals surface area contributed by atoms with Crippen LogP contribution in [0.5, 0.6) is 5.75 Å². The summed E-state index contributed by atoms with van der Waals surface area (Å²) in [5.41, 5.74) is 0. The Labute approximate surface area is 104 Å². The summed E-state index contributed by atoms with van der Waals surface area (Å²) in [5.74, 6) is 1.00. The molecule has 0 aliphatic carbocycles. The third kappa shape index (κ3) is 3.77. The van der Waals surface area contributed by atoms with Crippen molar-refractivity contribution in [3.8, 4) is 5.75 Å². The fourth-order valence-electron chi connectivity index (χ4n) is 1.65. The Morgan fingerprint density at radius 1 is 0.941 bits per heavy atom. The Hall–Kier alpha value is -1.50. The van der Waals surface area contributed by atoms with Crippen LogP contribution in [0.3, 0.4) is 0 Å². The van der Waals surface area contributed by atoms with E-state index in [-0.39, 0.29) is 0 Å². The van der Waals surface area contributed by atoms with Gasteiger partial charge in [0.2, 0.25) is 0 Å². The lowest BCUT2D eigenvalue weighted by Gasteiger charge is -2.08. The molecular formula is C16H22O. The van der Waals surface area contributed by atoms with Gasteiger partial charge >= 0.3 is 0 Å². The molecule has 0 spiro atoms. The maximum atomic E-state index is 5.76. The minimum atomic E-state index is 0.810. The summed E-state index contributed by atoms with van der Waals surface area (Å²) in [6.07, 6.45) is 2.29. The molecule has 0 aromatic heterocycles. The predicted octanol–water partition coefficient (Wildman–Crippen LogP) is 5.04. The molecule has 0 aliphatic heterocycles. The molecule has 0 heterocycles. The second-order valence-corrected chi connectivity index (χ2v) is 3.68. The van der Waals surface area contributed by atoms with Crippen LogP contribution in [0.2, 0.25) is 0 Å². The van der Waals surface area contributed by atoms with Crippen molar-refractivity contribution in [2.45, 2.75) is 33.6 Å². The van der Waals surface area contributed by atoms with Gasteiger partial charge in [0.25, 0.3) is 0 Å². The van der Waals surface area contributed by atoms with Gasteiger partial charge < -0.3 is 4.74 Å². The standard InChI is InChI=1S/C14H16O.C2H6/c1-2-3-11-15-14-10-6-8-12-7-4-5-9-13(12)14;1-2/h4-10H,2-3,11H2,1H3;1-2H3. The molecule has 1 heteroatoms. The quantitative estimate of drug-likeness (QED) is 0.668. The maximum absolute atomic E-state index is 5.76. The van der Waals surface area contributed by atoms with Crippen LogP contribution in [0.25, 0.3) is 10.8 Å². The molecule has 0 bridgehead atoms. The molecule has 0 unspecified atom stereocenters. The lowest BCUT2D eigenvalue weighted by atomic mass is 10.1. The summed E-state index contributed by atoms with van der Waals surface area (Å²) in [6.45, 7) is 6.98. The number of unbranched alkanes of at least 4 members (excludes halogenated alkanes) is 1. The Bertz CT molecular complexity index is 429. The first-order chi connectivity index (χ1) is 8.42. The molecule has 0 saturated carbocycles. The summed E-state index contributed by atoms with van der Waals surface area (Å²) in [7, 11) is 0. The number of hydrogen-bond acceptors (Lipinski definition) is 1. The van der Waals surface area contributed by atoms with Gasteiger partial charge in [-0.3, -0.25) is 0 Å². The van der Waals surface area contributed by atoms with Gasteiger partial charge in [-0.15, -0.1) is 0 Å². The van der Waals surface area contributed by atoms with Gasteiger partial charge in [-0.1, -0.05) is 63.6 Å². The first-order valence-corrected chi connectivity index (χ1v) is 6.52. The van der Waals surface area contributed by atoms with E-state index in [1.54, 1.807) is 0 Å². The van der Waals surface area contributed by atoms with Crippen molar-refractivity contribution in [2.75, 3.05) is 6.61 Å². The number of hydrogen-bond donors (Lipinski definition) is 0. The van der Waals surface area contributed by atoms with Crippen LogP contribution in [0.15, 0.2) is 42.5 Å². The molecule has 0 fully saturated rings. The Morgan fingerprint density at radius 3 is 2.41 bits per heavy atom. The SMILES string of the molecule is CC.CCCCOc1cccc2ccccc12. The summed E-state index contributed by atoms with van der Waals surface area (Å²) in [4.78, 5) is 0. The minimum Gasteiger partial charge on any atom is -0.493 e. The zero-order valence-electron chi connectivity index (χ0n) is 11.1. The molecule has 2 aromatic carbocycles. The molecule has 17 heavy (non-hydrogen) atoms. The van der Waals surface area contributed by atoms with E-state index in [1.807, 2.05) is 26.0 Å². The largest absolute Gasteiger partial charge is 0.493 e. The third-order valence-corrected chi connectivity index (χ3v) is 2.51. The maximum Gasteiger partial charge on any atom is 0.127 e. The summed E-state index contributed by atoms with van der Waals surface area (Å²) < 4.78 is 5.76. The van der Waals surface area contributed by atoms with Crippen LogP contribution in [0.4, 0.5) is 0 Å². The first kappa shape index (κ1) is 13.6. The molecular weight excluding hydrogens is 208 g/mol. The van der Waals surface area contributed by atoms with Crippen molar-refractivity contribution in [1.29, 1.82) is 0 Å². The lowest BCUT2D eigenvalue weighted by Crippen LogP contribution is -1.96. The Morgan fingerprint density at radius 2 is 1.65 bits per heavy atom. The summed E-state index contributed by atoms with van der Waals surface area (Å²) in [5, 5.41) is 2.45. The van der Waals surface area contributed by atoms with Crippen molar-refractivity contribution >= 4 is 10.8 Å². The highest BCUT2D eigenvalue weighted by atomic mass is 16.5. The topological polar surface area (TPSA) is 9.23 Å². The number of ether oxygens (including phenoxy) is 1. The number of rotatable bonds is 4. The molecule has 2 rings (SSSR count). The van der Waals surface area contributed by atoms with E-state index in [9.17, 15) is 0 Å². The zero-order chi connectivity index (χ0) is 12.5. The van der Waals surface area contributed by atoms with Crippen molar-refractivity contribution < 1.29 is 4.74 Å².